The lowest BCUT2D eigenvalue weighted by Gasteiger charge is -2.10. The van der Waals surface area contributed by atoms with E-state index in [1.165, 1.54) is 43.1 Å². The Morgan fingerprint density at radius 2 is 0.682 bits per heavy atom. The highest BCUT2D eigenvalue weighted by Gasteiger charge is 2.08. The zero-order valence-electron chi connectivity index (χ0n) is 12.1. The molecule has 0 spiro atoms. The van der Waals surface area contributed by atoms with Gasteiger partial charge in [0.05, 0.1) is 0 Å². The van der Waals surface area contributed by atoms with E-state index in [9.17, 15) is 0 Å². The molecule has 0 aromatic heterocycles. The first-order valence-corrected chi connectivity index (χ1v) is 7.64. The summed E-state index contributed by atoms with van der Waals surface area (Å²) in [6, 6.07) is 30.7. The predicted molar refractivity (Wildman–Crippen MR) is 96.5 cm³/mol. The molecule has 5 aromatic rings. The van der Waals surface area contributed by atoms with Crippen LogP contribution in [-0.2, 0) is 0 Å². The van der Waals surface area contributed by atoms with Gasteiger partial charge in [-0.05, 0) is 43.1 Å². The summed E-state index contributed by atoms with van der Waals surface area (Å²) < 4.78 is 0. The molecule has 0 saturated heterocycles. The highest BCUT2D eigenvalue weighted by molar-refractivity contribution is 6.27. The second-order valence-electron chi connectivity index (χ2n) is 5.84. The van der Waals surface area contributed by atoms with Crippen molar-refractivity contribution in [2.45, 2.75) is 0 Å². The van der Waals surface area contributed by atoms with E-state index in [0.29, 0.717) is 0 Å². The molecule has 0 saturated carbocycles. The molecular formula is C22H14. The standard InChI is InChI=1S/C22H14/c1-3-7-19-15(5-1)9-11-17-13-14-18-12-10-16-6-2-4-8-20(16)22(18)21(17)19/h1-14H. The molecule has 0 aliphatic heterocycles. The van der Waals surface area contributed by atoms with Gasteiger partial charge in [-0.25, -0.2) is 0 Å². The fraction of sp³-hybridized carbons (Fsp3) is 0. The lowest BCUT2D eigenvalue weighted by atomic mass is 9.93. The van der Waals surface area contributed by atoms with E-state index in [4.69, 9.17) is 0 Å². The van der Waals surface area contributed by atoms with Crippen LogP contribution in [0.3, 0.4) is 0 Å². The number of rotatable bonds is 0. The first kappa shape index (κ1) is 11.8. The van der Waals surface area contributed by atoms with Crippen molar-refractivity contribution in [1.82, 2.24) is 0 Å². The van der Waals surface area contributed by atoms with E-state index in [1.807, 2.05) is 0 Å². The Hall–Kier alpha value is -2.86. The van der Waals surface area contributed by atoms with Crippen molar-refractivity contribution in [3.05, 3.63) is 84.9 Å². The van der Waals surface area contributed by atoms with Crippen LogP contribution in [0.25, 0.3) is 43.1 Å². The Labute approximate surface area is 128 Å². The summed E-state index contributed by atoms with van der Waals surface area (Å²) in [5.74, 6) is 0. The van der Waals surface area contributed by atoms with Gasteiger partial charge in [-0.1, -0.05) is 84.9 Å². The van der Waals surface area contributed by atoms with E-state index in [-0.39, 0.29) is 0 Å². The van der Waals surface area contributed by atoms with E-state index in [2.05, 4.69) is 84.9 Å². The van der Waals surface area contributed by atoms with Gasteiger partial charge in [-0.3, -0.25) is 0 Å². The van der Waals surface area contributed by atoms with Crippen LogP contribution in [0, 0.1) is 0 Å². The Bertz CT molecular complexity index is 1060. The lowest BCUT2D eigenvalue weighted by Crippen LogP contribution is -1.83. The number of benzene rings is 5. The summed E-state index contributed by atoms with van der Waals surface area (Å²) in [6.07, 6.45) is 0. The highest BCUT2D eigenvalue weighted by atomic mass is 14.1. The molecule has 5 rings (SSSR count). The van der Waals surface area contributed by atoms with Gasteiger partial charge >= 0.3 is 0 Å². The van der Waals surface area contributed by atoms with E-state index in [1.54, 1.807) is 0 Å². The van der Waals surface area contributed by atoms with Crippen molar-refractivity contribution >= 4 is 43.1 Å². The summed E-state index contributed by atoms with van der Waals surface area (Å²) in [7, 11) is 0. The maximum atomic E-state index is 2.24. The largest absolute Gasteiger partial charge is 0.0616 e. The van der Waals surface area contributed by atoms with Gasteiger partial charge in [0.2, 0.25) is 0 Å². The quantitative estimate of drug-likeness (QED) is 0.292. The Morgan fingerprint density at radius 3 is 1.14 bits per heavy atom. The molecule has 0 heterocycles. The normalized spacial score (nSPS) is 11.6. The monoisotopic (exact) mass is 278 g/mol. The molecular weight excluding hydrogens is 264 g/mol. The second kappa shape index (κ2) is 4.32. The van der Waals surface area contributed by atoms with Crippen molar-refractivity contribution in [2.24, 2.45) is 0 Å². The summed E-state index contributed by atoms with van der Waals surface area (Å²) in [5.41, 5.74) is 0. The first-order valence-electron chi connectivity index (χ1n) is 7.64. The van der Waals surface area contributed by atoms with Crippen molar-refractivity contribution in [3.63, 3.8) is 0 Å². The molecule has 0 aliphatic rings. The molecule has 0 heteroatoms. The van der Waals surface area contributed by atoms with Gasteiger partial charge in [0.1, 0.15) is 0 Å². The zero-order chi connectivity index (χ0) is 14.5. The highest BCUT2D eigenvalue weighted by Crippen LogP contribution is 2.36. The molecule has 0 bridgehead atoms. The lowest BCUT2D eigenvalue weighted by molar-refractivity contribution is 1.78. The van der Waals surface area contributed by atoms with E-state index < -0.39 is 0 Å². The molecule has 0 amide bonds. The Morgan fingerprint density at radius 1 is 0.318 bits per heavy atom. The van der Waals surface area contributed by atoms with Crippen LogP contribution in [-0.4, -0.2) is 0 Å². The molecule has 0 radical (unpaired) electrons. The van der Waals surface area contributed by atoms with Crippen LogP contribution in [0.1, 0.15) is 0 Å². The number of hydrogen-bond donors (Lipinski definition) is 0. The van der Waals surface area contributed by atoms with Gasteiger partial charge in [0, 0.05) is 0 Å². The summed E-state index contributed by atoms with van der Waals surface area (Å²) in [6.45, 7) is 0. The third kappa shape index (κ3) is 1.52. The van der Waals surface area contributed by atoms with Gasteiger partial charge < -0.3 is 0 Å². The molecule has 0 nitrogen and oxygen atoms in total. The van der Waals surface area contributed by atoms with Gasteiger partial charge in [0.25, 0.3) is 0 Å². The summed E-state index contributed by atoms with van der Waals surface area (Å²) in [4.78, 5) is 0. The van der Waals surface area contributed by atoms with Crippen molar-refractivity contribution < 1.29 is 0 Å². The van der Waals surface area contributed by atoms with Crippen LogP contribution in [0.2, 0.25) is 0 Å². The van der Waals surface area contributed by atoms with E-state index >= 15 is 0 Å². The molecule has 22 heavy (non-hydrogen) atoms. The minimum Gasteiger partial charge on any atom is -0.0616 e. The van der Waals surface area contributed by atoms with Gasteiger partial charge in [-0.2, -0.15) is 0 Å². The minimum absolute atomic E-state index is 1.30. The molecule has 0 atom stereocenters. The topological polar surface area (TPSA) is 0 Å². The van der Waals surface area contributed by atoms with Gasteiger partial charge in [0.15, 0.2) is 0 Å². The predicted octanol–water partition coefficient (Wildman–Crippen LogP) is 6.30. The van der Waals surface area contributed by atoms with Crippen molar-refractivity contribution in [1.29, 1.82) is 0 Å². The average molecular weight is 278 g/mol. The van der Waals surface area contributed by atoms with Crippen molar-refractivity contribution in [3.8, 4) is 0 Å². The third-order valence-corrected chi connectivity index (χ3v) is 4.61. The van der Waals surface area contributed by atoms with Crippen molar-refractivity contribution in [2.75, 3.05) is 0 Å². The molecule has 0 aliphatic carbocycles. The Balaban J connectivity index is 2.19. The molecule has 0 N–H and O–H groups in total. The third-order valence-electron chi connectivity index (χ3n) is 4.61. The number of hydrogen-bond acceptors (Lipinski definition) is 0. The maximum absolute atomic E-state index is 2.24. The second-order valence-corrected chi connectivity index (χ2v) is 5.84. The molecule has 0 unspecified atom stereocenters. The minimum atomic E-state index is 1.30. The number of fused-ring (bicyclic) bond motifs is 7. The van der Waals surface area contributed by atoms with E-state index in [0.717, 1.165) is 0 Å². The first-order chi connectivity index (χ1) is 10.9. The van der Waals surface area contributed by atoms with Crippen LogP contribution >= 0.6 is 0 Å². The summed E-state index contributed by atoms with van der Waals surface area (Å²) >= 11 is 0. The maximum Gasteiger partial charge on any atom is -0.00206 e. The van der Waals surface area contributed by atoms with Crippen LogP contribution < -0.4 is 0 Å². The fourth-order valence-electron chi connectivity index (χ4n) is 3.59. The Kier molecular flexibility index (Phi) is 2.31. The fourth-order valence-corrected chi connectivity index (χ4v) is 3.59. The van der Waals surface area contributed by atoms with Crippen LogP contribution in [0.5, 0.6) is 0 Å². The average Bonchev–Trinajstić information content (AvgIpc) is 2.60. The SMILES string of the molecule is c1ccc2c(c1)ccc1ccc3ccc4ccccc4c3c12. The smallest absolute Gasteiger partial charge is 0.00206 e. The molecule has 5 aromatic carbocycles. The zero-order valence-corrected chi connectivity index (χ0v) is 12.1. The van der Waals surface area contributed by atoms with Crippen LogP contribution in [0.15, 0.2) is 84.9 Å². The molecule has 102 valence electrons. The van der Waals surface area contributed by atoms with Gasteiger partial charge in [-0.15, -0.1) is 0 Å². The molecule has 0 fully saturated rings. The summed E-state index contributed by atoms with van der Waals surface area (Å²) in [5, 5.41) is 10.6. The van der Waals surface area contributed by atoms with Crippen LogP contribution in [0.4, 0.5) is 0 Å².